The average Bonchev–Trinajstić information content (AvgIpc) is 2.34. The molecular weight excluding hydrogens is 251 g/mol. The number of fused-ring (bicyclic) bond motifs is 1. The third-order valence-electron chi connectivity index (χ3n) is 3.32. The summed E-state index contributed by atoms with van der Waals surface area (Å²) >= 11 is 5.89. The SMILES string of the molecule is C=C1CCCCN(CCN)c2cc(Cl)c(F)cc21. The van der Waals surface area contributed by atoms with Gasteiger partial charge in [-0.2, -0.15) is 0 Å². The van der Waals surface area contributed by atoms with Gasteiger partial charge in [-0.25, -0.2) is 4.39 Å². The van der Waals surface area contributed by atoms with Gasteiger partial charge < -0.3 is 10.6 Å². The van der Waals surface area contributed by atoms with Crippen LogP contribution in [0.25, 0.3) is 5.57 Å². The Hall–Kier alpha value is -1.06. The fourth-order valence-electron chi connectivity index (χ4n) is 2.37. The minimum Gasteiger partial charge on any atom is -0.370 e. The molecule has 1 aromatic carbocycles. The first-order valence-electron chi connectivity index (χ1n) is 6.25. The smallest absolute Gasteiger partial charge is 0.142 e. The summed E-state index contributed by atoms with van der Waals surface area (Å²) in [6.07, 6.45) is 3.07. The molecule has 98 valence electrons. The van der Waals surface area contributed by atoms with Crippen molar-refractivity contribution in [2.45, 2.75) is 19.3 Å². The summed E-state index contributed by atoms with van der Waals surface area (Å²) in [5.74, 6) is -0.384. The van der Waals surface area contributed by atoms with Crippen molar-refractivity contribution in [3.63, 3.8) is 0 Å². The van der Waals surface area contributed by atoms with Crippen molar-refractivity contribution in [2.75, 3.05) is 24.5 Å². The summed E-state index contributed by atoms with van der Waals surface area (Å²) in [4.78, 5) is 2.17. The summed E-state index contributed by atoms with van der Waals surface area (Å²) in [5.41, 5.74) is 8.43. The second kappa shape index (κ2) is 5.72. The van der Waals surface area contributed by atoms with Gasteiger partial charge in [-0.3, -0.25) is 0 Å². The fourth-order valence-corrected chi connectivity index (χ4v) is 2.52. The predicted octanol–water partition coefficient (Wildman–Crippen LogP) is 3.44. The van der Waals surface area contributed by atoms with Gasteiger partial charge in [0.25, 0.3) is 0 Å². The summed E-state index contributed by atoms with van der Waals surface area (Å²) in [6.45, 7) is 6.31. The lowest BCUT2D eigenvalue weighted by Crippen LogP contribution is -2.31. The van der Waals surface area contributed by atoms with E-state index in [2.05, 4.69) is 11.5 Å². The Kier molecular flexibility index (Phi) is 4.25. The highest BCUT2D eigenvalue weighted by molar-refractivity contribution is 6.31. The number of nitrogens with two attached hydrogens (primary N) is 1. The van der Waals surface area contributed by atoms with Gasteiger partial charge in [-0.15, -0.1) is 0 Å². The highest BCUT2D eigenvalue weighted by Crippen LogP contribution is 2.35. The van der Waals surface area contributed by atoms with Crippen LogP contribution < -0.4 is 10.6 Å². The van der Waals surface area contributed by atoms with Crippen LogP contribution in [0.1, 0.15) is 24.8 Å². The molecule has 0 saturated heterocycles. The molecule has 1 heterocycles. The molecule has 18 heavy (non-hydrogen) atoms. The second-order valence-electron chi connectivity index (χ2n) is 4.62. The molecule has 0 amide bonds. The van der Waals surface area contributed by atoms with Gasteiger partial charge in [-0.1, -0.05) is 18.2 Å². The van der Waals surface area contributed by atoms with Crippen molar-refractivity contribution >= 4 is 22.9 Å². The fraction of sp³-hybridized carbons (Fsp3) is 0.429. The van der Waals surface area contributed by atoms with Crippen LogP contribution in [0.3, 0.4) is 0 Å². The molecule has 4 heteroatoms. The molecular formula is C14H18ClFN2. The number of nitrogens with zero attached hydrogens (tertiary/aromatic N) is 1. The summed E-state index contributed by atoms with van der Waals surface area (Å²) in [7, 11) is 0. The van der Waals surface area contributed by atoms with E-state index in [1.165, 1.54) is 6.07 Å². The first-order chi connectivity index (χ1) is 8.63. The van der Waals surface area contributed by atoms with E-state index in [1.54, 1.807) is 6.07 Å². The summed E-state index contributed by atoms with van der Waals surface area (Å²) in [5, 5.41) is 0.157. The van der Waals surface area contributed by atoms with Crippen LogP contribution in [0.5, 0.6) is 0 Å². The van der Waals surface area contributed by atoms with Crippen molar-refractivity contribution in [3.05, 3.63) is 35.1 Å². The van der Waals surface area contributed by atoms with E-state index in [0.29, 0.717) is 6.54 Å². The number of rotatable bonds is 2. The minimum atomic E-state index is -0.384. The molecule has 0 radical (unpaired) electrons. The van der Waals surface area contributed by atoms with E-state index in [9.17, 15) is 4.39 Å². The molecule has 0 aromatic heterocycles. The van der Waals surface area contributed by atoms with Crippen LogP contribution >= 0.6 is 11.6 Å². The standard InChI is InChI=1S/C14H18ClFN2/c1-10-4-2-3-6-18(7-5-17)14-9-12(15)13(16)8-11(10)14/h8-9H,1-7,17H2. The predicted molar refractivity (Wildman–Crippen MR) is 75.6 cm³/mol. The molecule has 2 rings (SSSR count). The number of anilines is 1. The summed E-state index contributed by atoms with van der Waals surface area (Å²) in [6, 6.07) is 3.19. The molecule has 0 saturated carbocycles. The lowest BCUT2D eigenvalue weighted by atomic mass is 9.97. The number of benzene rings is 1. The Bertz CT molecular complexity index is 459. The molecule has 0 fully saturated rings. The molecule has 2 nitrogen and oxygen atoms in total. The molecule has 0 bridgehead atoms. The molecule has 0 spiro atoms. The first kappa shape index (κ1) is 13.4. The quantitative estimate of drug-likeness (QED) is 0.890. The van der Waals surface area contributed by atoms with Gasteiger partial charge in [0, 0.05) is 30.9 Å². The Morgan fingerprint density at radius 1 is 1.39 bits per heavy atom. The van der Waals surface area contributed by atoms with Gasteiger partial charge in [0.2, 0.25) is 0 Å². The van der Waals surface area contributed by atoms with Crippen LogP contribution in [0, 0.1) is 5.82 Å². The van der Waals surface area contributed by atoms with Crippen molar-refractivity contribution in [2.24, 2.45) is 5.73 Å². The van der Waals surface area contributed by atoms with E-state index >= 15 is 0 Å². The zero-order valence-electron chi connectivity index (χ0n) is 10.4. The minimum absolute atomic E-state index is 0.157. The van der Waals surface area contributed by atoms with Gasteiger partial charge in [0.1, 0.15) is 5.82 Å². The van der Waals surface area contributed by atoms with Crippen molar-refractivity contribution in [1.82, 2.24) is 0 Å². The van der Waals surface area contributed by atoms with Crippen LogP contribution in [0.4, 0.5) is 10.1 Å². The Morgan fingerprint density at radius 2 is 2.17 bits per heavy atom. The number of hydrogen-bond acceptors (Lipinski definition) is 2. The zero-order valence-corrected chi connectivity index (χ0v) is 11.1. The van der Waals surface area contributed by atoms with E-state index < -0.39 is 0 Å². The Balaban J connectivity index is 2.49. The average molecular weight is 269 g/mol. The zero-order chi connectivity index (χ0) is 13.1. The van der Waals surface area contributed by atoms with Crippen molar-refractivity contribution in [3.8, 4) is 0 Å². The van der Waals surface area contributed by atoms with Crippen molar-refractivity contribution in [1.29, 1.82) is 0 Å². The second-order valence-corrected chi connectivity index (χ2v) is 5.03. The van der Waals surface area contributed by atoms with E-state index in [-0.39, 0.29) is 10.8 Å². The summed E-state index contributed by atoms with van der Waals surface area (Å²) < 4.78 is 13.6. The first-order valence-corrected chi connectivity index (χ1v) is 6.63. The number of hydrogen-bond donors (Lipinski definition) is 1. The maximum atomic E-state index is 13.6. The monoisotopic (exact) mass is 268 g/mol. The third kappa shape index (κ3) is 2.68. The van der Waals surface area contributed by atoms with Gasteiger partial charge in [-0.05, 0) is 37.0 Å². The molecule has 1 aliphatic rings. The van der Waals surface area contributed by atoms with E-state index in [1.807, 2.05) is 0 Å². The van der Waals surface area contributed by atoms with Crippen molar-refractivity contribution < 1.29 is 4.39 Å². The highest BCUT2D eigenvalue weighted by atomic mass is 35.5. The van der Waals surface area contributed by atoms with Crippen LogP contribution in [0.2, 0.25) is 5.02 Å². The molecule has 0 atom stereocenters. The number of allylic oxidation sites excluding steroid dienone is 1. The molecule has 0 unspecified atom stereocenters. The number of halogens is 2. The third-order valence-corrected chi connectivity index (χ3v) is 3.61. The lowest BCUT2D eigenvalue weighted by Gasteiger charge is -2.29. The molecule has 1 aromatic rings. The van der Waals surface area contributed by atoms with Gasteiger partial charge in [0.05, 0.1) is 5.02 Å². The van der Waals surface area contributed by atoms with Crippen LogP contribution in [-0.2, 0) is 0 Å². The van der Waals surface area contributed by atoms with E-state index in [4.69, 9.17) is 17.3 Å². The molecule has 1 aliphatic heterocycles. The molecule has 0 aliphatic carbocycles. The molecule has 2 N–H and O–H groups in total. The van der Waals surface area contributed by atoms with Gasteiger partial charge in [0.15, 0.2) is 0 Å². The Labute approximate surface area is 112 Å². The Morgan fingerprint density at radius 3 is 2.89 bits per heavy atom. The highest BCUT2D eigenvalue weighted by Gasteiger charge is 2.18. The normalized spacial score (nSPS) is 16.2. The van der Waals surface area contributed by atoms with Crippen LogP contribution in [0.15, 0.2) is 18.7 Å². The lowest BCUT2D eigenvalue weighted by molar-refractivity contribution is 0.625. The maximum Gasteiger partial charge on any atom is 0.142 e. The van der Waals surface area contributed by atoms with Crippen LogP contribution in [-0.4, -0.2) is 19.6 Å². The maximum absolute atomic E-state index is 13.6. The topological polar surface area (TPSA) is 29.3 Å². The van der Waals surface area contributed by atoms with Gasteiger partial charge >= 0.3 is 0 Å². The van der Waals surface area contributed by atoms with E-state index in [0.717, 1.165) is 49.2 Å². The largest absolute Gasteiger partial charge is 0.370 e.